The minimum Gasteiger partial charge on any atom is -0.333 e. The molecular weight excluding hydrogens is 278 g/mol. The molecule has 1 unspecified atom stereocenters. The van der Waals surface area contributed by atoms with E-state index in [2.05, 4.69) is 33.2 Å². The van der Waals surface area contributed by atoms with Gasteiger partial charge >= 0.3 is 0 Å². The van der Waals surface area contributed by atoms with Crippen LogP contribution in [-0.2, 0) is 6.42 Å². The van der Waals surface area contributed by atoms with Gasteiger partial charge in [0.05, 0.1) is 22.0 Å². The number of pyridine rings is 1. The number of rotatable bonds is 2. The molecule has 0 amide bonds. The van der Waals surface area contributed by atoms with Crippen LogP contribution in [0.1, 0.15) is 35.8 Å². The molecule has 0 radical (unpaired) electrons. The Morgan fingerprint density at radius 1 is 1.10 bits per heavy atom. The van der Waals surface area contributed by atoms with Crippen LogP contribution < -0.4 is 0 Å². The van der Waals surface area contributed by atoms with E-state index in [1.54, 1.807) is 0 Å². The molecule has 1 aromatic carbocycles. The molecule has 21 heavy (non-hydrogen) atoms. The molecule has 0 spiro atoms. The lowest BCUT2D eigenvalue weighted by Crippen LogP contribution is -1.99. The van der Waals surface area contributed by atoms with Crippen molar-refractivity contribution in [3.8, 4) is 0 Å². The predicted octanol–water partition coefficient (Wildman–Crippen LogP) is 4.52. The Labute approximate surface area is 128 Å². The summed E-state index contributed by atoms with van der Waals surface area (Å²) in [5, 5.41) is 1.41. The van der Waals surface area contributed by atoms with E-state index in [1.165, 1.54) is 30.5 Å². The molecule has 0 saturated heterocycles. The zero-order valence-electron chi connectivity index (χ0n) is 11.7. The average molecular weight is 295 g/mol. The van der Waals surface area contributed by atoms with Crippen LogP contribution in [0.15, 0.2) is 47.8 Å². The number of aromatic nitrogens is 3. The number of fused-ring (bicyclic) bond motifs is 2. The van der Waals surface area contributed by atoms with Crippen molar-refractivity contribution < 1.29 is 0 Å². The molecular formula is C17H17N3S. The van der Waals surface area contributed by atoms with Crippen LogP contribution in [0, 0.1) is 0 Å². The molecule has 1 N–H and O–H groups in total. The van der Waals surface area contributed by atoms with E-state index in [4.69, 9.17) is 0 Å². The van der Waals surface area contributed by atoms with Crippen LogP contribution in [0.2, 0.25) is 0 Å². The van der Waals surface area contributed by atoms with Crippen LogP contribution in [0.3, 0.4) is 0 Å². The van der Waals surface area contributed by atoms with Crippen LogP contribution in [-0.4, -0.2) is 15.0 Å². The maximum Gasteiger partial charge on any atom is 0.167 e. The molecule has 2 heterocycles. The topological polar surface area (TPSA) is 41.6 Å². The van der Waals surface area contributed by atoms with Crippen molar-refractivity contribution in [1.29, 1.82) is 0 Å². The van der Waals surface area contributed by atoms with Crippen molar-refractivity contribution in [1.82, 2.24) is 15.0 Å². The first kappa shape index (κ1) is 12.9. The molecule has 0 aliphatic heterocycles. The first-order chi connectivity index (χ1) is 10.4. The van der Waals surface area contributed by atoms with E-state index < -0.39 is 0 Å². The number of H-pyrrole nitrogens is 1. The molecule has 1 aliphatic carbocycles. The second kappa shape index (κ2) is 5.53. The van der Waals surface area contributed by atoms with E-state index in [-0.39, 0.29) is 0 Å². The summed E-state index contributed by atoms with van der Waals surface area (Å²) in [6, 6.07) is 12.5. The van der Waals surface area contributed by atoms with Gasteiger partial charge in [-0.3, -0.25) is 4.98 Å². The fourth-order valence-electron chi connectivity index (χ4n) is 2.97. The maximum absolute atomic E-state index is 4.69. The fraction of sp³-hybridized carbons (Fsp3) is 0.294. The van der Waals surface area contributed by atoms with E-state index >= 15 is 0 Å². The lowest BCUT2D eigenvalue weighted by atomic mass is 10.1. The van der Waals surface area contributed by atoms with Crippen molar-refractivity contribution in [2.24, 2.45) is 0 Å². The SMILES string of the molecule is c1cnc2c(c1)CCCCC2Sc1nc2ccccc2[nH]1. The minimum atomic E-state index is 0.407. The first-order valence-corrected chi connectivity index (χ1v) is 8.33. The number of benzene rings is 1. The maximum atomic E-state index is 4.69. The Hall–Kier alpha value is -1.81. The summed E-state index contributed by atoms with van der Waals surface area (Å²) in [4.78, 5) is 12.8. The molecule has 3 aromatic rings. The highest BCUT2D eigenvalue weighted by Crippen LogP contribution is 2.40. The first-order valence-electron chi connectivity index (χ1n) is 7.45. The Balaban J connectivity index is 1.67. The van der Waals surface area contributed by atoms with Gasteiger partial charge in [0.25, 0.3) is 0 Å². The van der Waals surface area contributed by atoms with Crippen molar-refractivity contribution in [3.05, 3.63) is 53.9 Å². The summed E-state index contributed by atoms with van der Waals surface area (Å²) in [7, 11) is 0. The monoisotopic (exact) mass is 295 g/mol. The summed E-state index contributed by atoms with van der Waals surface area (Å²) >= 11 is 1.82. The minimum absolute atomic E-state index is 0.407. The molecule has 2 aromatic heterocycles. The number of hydrogen-bond donors (Lipinski definition) is 1. The Kier molecular flexibility index (Phi) is 3.39. The van der Waals surface area contributed by atoms with Crippen LogP contribution in [0.5, 0.6) is 0 Å². The summed E-state index contributed by atoms with van der Waals surface area (Å²) in [5.41, 5.74) is 4.80. The van der Waals surface area contributed by atoms with Crippen LogP contribution in [0.4, 0.5) is 0 Å². The standard InChI is InChI=1S/C17H17N3S/c1-4-10-15(16-12(6-1)7-5-11-18-16)21-17-19-13-8-2-3-9-14(13)20-17/h2-3,5,7-9,11,15H,1,4,6,10H2,(H,19,20). The summed E-state index contributed by atoms with van der Waals surface area (Å²) in [5.74, 6) is 0. The number of hydrogen-bond acceptors (Lipinski definition) is 3. The normalized spacial score (nSPS) is 18.4. The molecule has 4 rings (SSSR count). The molecule has 1 aliphatic rings. The van der Waals surface area contributed by atoms with Crippen molar-refractivity contribution >= 4 is 22.8 Å². The molecule has 0 fully saturated rings. The molecule has 0 bridgehead atoms. The van der Waals surface area contributed by atoms with Gasteiger partial charge in [-0.1, -0.05) is 36.4 Å². The summed E-state index contributed by atoms with van der Waals surface area (Å²) in [6.45, 7) is 0. The van der Waals surface area contributed by atoms with Gasteiger partial charge in [-0.15, -0.1) is 0 Å². The fourth-order valence-corrected chi connectivity index (χ4v) is 4.17. The zero-order chi connectivity index (χ0) is 14.1. The quantitative estimate of drug-likeness (QED) is 0.707. The largest absolute Gasteiger partial charge is 0.333 e. The van der Waals surface area contributed by atoms with E-state index in [9.17, 15) is 0 Å². The van der Waals surface area contributed by atoms with Crippen LogP contribution >= 0.6 is 11.8 Å². The van der Waals surface area contributed by atoms with Crippen LogP contribution in [0.25, 0.3) is 11.0 Å². The second-order valence-electron chi connectivity index (χ2n) is 5.46. The van der Waals surface area contributed by atoms with Gasteiger partial charge in [-0.05, 0) is 43.0 Å². The van der Waals surface area contributed by atoms with Gasteiger partial charge in [-0.25, -0.2) is 4.98 Å². The average Bonchev–Trinajstić information content (AvgIpc) is 2.82. The van der Waals surface area contributed by atoms with Gasteiger partial charge in [0, 0.05) is 6.20 Å². The summed E-state index contributed by atoms with van der Waals surface area (Å²) in [6.07, 6.45) is 6.76. The highest BCUT2D eigenvalue weighted by molar-refractivity contribution is 7.99. The number of thioether (sulfide) groups is 1. The third-order valence-electron chi connectivity index (χ3n) is 4.02. The molecule has 0 saturated carbocycles. The van der Waals surface area contributed by atoms with E-state index in [0.717, 1.165) is 22.6 Å². The van der Waals surface area contributed by atoms with Gasteiger partial charge in [-0.2, -0.15) is 0 Å². The van der Waals surface area contributed by atoms with Gasteiger partial charge in [0.1, 0.15) is 0 Å². The van der Waals surface area contributed by atoms with E-state index in [0.29, 0.717) is 5.25 Å². The Morgan fingerprint density at radius 2 is 2.05 bits per heavy atom. The number of aromatic amines is 1. The number of imidazole rings is 1. The van der Waals surface area contributed by atoms with Gasteiger partial charge < -0.3 is 4.98 Å². The van der Waals surface area contributed by atoms with Crippen molar-refractivity contribution in [2.45, 2.75) is 36.1 Å². The molecule has 106 valence electrons. The number of nitrogens with one attached hydrogen (secondary N) is 1. The molecule has 1 atom stereocenters. The highest BCUT2D eigenvalue weighted by atomic mass is 32.2. The number of aryl methyl sites for hydroxylation is 1. The van der Waals surface area contributed by atoms with E-state index in [1.807, 2.05) is 36.2 Å². The smallest absolute Gasteiger partial charge is 0.167 e. The Bertz CT molecular complexity index is 732. The lowest BCUT2D eigenvalue weighted by molar-refractivity contribution is 0.699. The number of nitrogens with zero attached hydrogens (tertiary/aromatic N) is 2. The second-order valence-corrected chi connectivity index (χ2v) is 6.65. The third-order valence-corrected chi connectivity index (χ3v) is 5.18. The molecule has 4 heteroatoms. The zero-order valence-corrected chi connectivity index (χ0v) is 12.6. The van der Waals surface area contributed by atoms with Crippen molar-refractivity contribution in [3.63, 3.8) is 0 Å². The molecule has 3 nitrogen and oxygen atoms in total. The summed E-state index contributed by atoms with van der Waals surface area (Å²) < 4.78 is 0. The number of para-hydroxylation sites is 2. The Morgan fingerprint density at radius 3 is 3.00 bits per heavy atom. The third kappa shape index (κ3) is 2.56. The van der Waals surface area contributed by atoms with Gasteiger partial charge in [0.2, 0.25) is 0 Å². The van der Waals surface area contributed by atoms with Gasteiger partial charge in [0.15, 0.2) is 5.16 Å². The predicted molar refractivity (Wildman–Crippen MR) is 86.5 cm³/mol. The lowest BCUT2D eigenvalue weighted by Gasteiger charge is -2.14. The highest BCUT2D eigenvalue weighted by Gasteiger charge is 2.22. The van der Waals surface area contributed by atoms with Crippen molar-refractivity contribution in [2.75, 3.05) is 0 Å².